The Morgan fingerprint density at radius 2 is 1.79 bits per heavy atom. The summed E-state index contributed by atoms with van der Waals surface area (Å²) in [4.78, 5) is 11.9. The van der Waals surface area contributed by atoms with Crippen LogP contribution in [-0.2, 0) is 6.18 Å². The molecule has 0 saturated heterocycles. The summed E-state index contributed by atoms with van der Waals surface area (Å²) >= 11 is 0. The van der Waals surface area contributed by atoms with Crippen LogP contribution in [0.15, 0.2) is 6.07 Å². The maximum Gasteiger partial charge on any atom is 0.573 e. The lowest BCUT2D eigenvalue weighted by molar-refractivity contribution is -0.393. The number of hydrogen-bond donors (Lipinski definition) is 0. The second-order valence-corrected chi connectivity index (χ2v) is 3.25. The van der Waals surface area contributed by atoms with E-state index in [2.05, 4.69) is 9.72 Å². The minimum Gasteiger partial charge on any atom is -0.397 e. The lowest BCUT2D eigenvalue weighted by Crippen LogP contribution is -2.20. The Bertz CT molecular complexity index is 510. The molecule has 106 valence electrons. The fourth-order valence-corrected chi connectivity index (χ4v) is 1.19. The number of nitro groups is 1. The van der Waals surface area contributed by atoms with Crippen LogP contribution in [0, 0.1) is 17.0 Å². The van der Waals surface area contributed by atoms with Gasteiger partial charge in [0.05, 0.1) is 0 Å². The topological polar surface area (TPSA) is 65.3 Å². The third-order valence-electron chi connectivity index (χ3n) is 1.86. The predicted octanol–water partition coefficient (Wildman–Crippen LogP) is 3.22. The number of aryl methyl sites for hydroxylation is 1. The number of halogens is 6. The van der Waals surface area contributed by atoms with Gasteiger partial charge in [-0.05, 0) is 9.91 Å². The summed E-state index contributed by atoms with van der Waals surface area (Å²) in [6.45, 7) is 0.785. The molecule has 0 aliphatic heterocycles. The zero-order chi connectivity index (χ0) is 15.0. The van der Waals surface area contributed by atoms with Gasteiger partial charge in [0, 0.05) is 13.0 Å². The Kier molecular flexibility index (Phi) is 3.59. The Hall–Kier alpha value is -2.07. The molecular formula is C8H4F6N2O3. The average molecular weight is 290 g/mol. The molecule has 0 aromatic carbocycles. The largest absolute Gasteiger partial charge is 0.573 e. The SMILES string of the molecule is Cc1nc([N+](=O)[O-])c(OC(F)(F)F)cc1C(F)(F)F. The molecule has 0 spiro atoms. The smallest absolute Gasteiger partial charge is 0.397 e. The molecule has 0 radical (unpaired) electrons. The van der Waals surface area contributed by atoms with E-state index >= 15 is 0 Å². The fourth-order valence-electron chi connectivity index (χ4n) is 1.19. The molecule has 0 saturated carbocycles. The molecule has 0 atom stereocenters. The molecule has 1 aromatic rings. The first-order valence-corrected chi connectivity index (χ1v) is 4.41. The van der Waals surface area contributed by atoms with Crippen LogP contribution in [0.25, 0.3) is 0 Å². The first-order chi connectivity index (χ1) is 8.42. The van der Waals surface area contributed by atoms with Gasteiger partial charge in [0.15, 0.2) is 5.69 Å². The third kappa shape index (κ3) is 3.69. The molecule has 0 amide bonds. The van der Waals surface area contributed by atoms with E-state index in [9.17, 15) is 36.5 Å². The van der Waals surface area contributed by atoms with E-state index in [0.29, 0.717) is 0 Å². The number of aromatic nitrogens is 1. The van der Waals surface area contributed by atoms with Crippen LogP contribution in [0.5, 0.6) is 5.75 Å². The summed E-state index contributed by atoms with van der Waals surface area (Å²) in [6.07, 6.45) is -10.4. The lowest BCUT2D eigenvalue weighted by atomic mass is 10.2. The van der Waals surface area contributed by atoms with Gasteiger partial charge >= 0.3 is 18.4 Å². The zero-order valence-corrected chi connectivity index (χ0v) is 8.96. The molecule has 0 unspecified atom stereocenters. The van der Waals surface area contributed by atoms with Crippen molar-refractivity contribution in [1.29, 1.82) is 0 Å². The van der Waals surface area contributed by atoms with E-state index in [4.69, 9.17) is 0 Å². The molecule has 5 nitrogen and oxygen atoms in total. The van der Waals surface area contributed by atoms with Crippen LogP contribution < -0.4 is 4.74 Å². The summed E-state index contributed by atoms with van der Waals surface area (Å²) in [5.41, 5.74) is -2.37. The normalized spacial score (nSPS) is 12.4. The van der Waals surface area contributed by atoms with Gasteiger partial charge in [-0.2, -0.15) is 13.2 Å². The van der Waals surface area contributed by atoms with Crippen LogP contribution in [0.2, 0.25) is 0 Å². The Balaban J connectivity index is 3.44. The lowest BCUT2D eigenvalue weighted by Gasteiger charge is -2.12. The summed E-state index contributed by atoms with van der Waals surface area (Å²) < 4.78 is 76.4. The van der Waals surface area contributed by atoms with Gasteiger partial charge in [-0.25, -0.2) is 0 Å². The monoisotopic (exact) mass is 290 g/mol. The van der Waals surface area contributed by atoms with E-state index in [1.807, 2.05) is 0 Å². The van der Waals surface area contributed by atoms with Crippen LogP contribution in [-0.4, -0.2) is 16.3 Å². The molecule has 0 aliphatic rings. The second-order valence-electron chi connectivity index (χ2n) is 3.25. The van der Waals surface area contributed by atoms with Gasteiger partial charge in [-0.3, -0.25) is 0 Å². The number of hydrogen-bond acceptors (Lipinski definition) is 4. The van der Waals surface area contributed by atoms with Crippen molar-refractivity contribution in [2.75, 3.05) is 0 Å². The molecule has 19 heavy (non-hydrogen) atoms. The minimum absolute atomic E-state index is 0.103. The molecule has 0 fully saturated rings. The highest BCUT2D eigenvalue weighted by atomic mass is 19.4. The van der Waals surface area contributed by atoms with E-state index < -0.39 is 40.3 Å². The minimum atomic E-state index is -5.37. The van der Waals surface area contributed by atoms with Crippen molar-refractivity contribution in [2.24, 2.45) is 0 Å². The Morgan fingerprint density at radius 3 is 2.16 bits per heavy atom. The van der Waals surface area contributed by atoms with Crippen molar-refractivity contribution < 1.29 is 36.0 Å². The van der Waals surface area contributed by atoms with Crippen molar-refractivity contribution in [3.63, 3.8) is 0 Å². The summed E-state index contributed by atoms with van der Waals surface area (Å²) in [5.74, 6) is -3.06. The number of nitrogens with zero attached hydrogens (tertiary/aromatic N) is 2. The zero-order valence-electron chi connectivity index (χ0n) is 8.96. The van der Waals surface area contributed by atoms with Crippen LogP contribution >= 0.6 is 0 Å². The number of rotatable bonds is 2. The Morgan fingerprint density at radius 1 is 1.26 bits per heavy atom. The van der Waals surface area contributed by atoms with Crippen molar-refractivity contribution in [2.45, 2.75) is 19.5 Å². The molecule has 1 rings (SSSR count). The van der Waals surface area contributed by atoms with E-state index in [1.165, 1.54) is 0 Å². The van der Waals surface area contributed by atoms with Crippen molar-refractivity contribution >= 4 is 5.82 Å². The van der Waals surface area contributed by atoms with Gasteiger partial charge in [0.25, 0.3) is 0 Å². The van der Waals surface area contributed by atoms with E-state index in [-0.39, 0.29) is 6.07 Å². The third-order valence-corrected chi connectivity index (χ3v) is 1.86. The fraction of sp³-hybridized carbons (Fsp3) is 0.375. The van der Waals surface area contributed by atoms with Gasteiger partial charge in [0.1, 0.15) is 5.56 Å². The van der Waals surface area contributed by atoms with Gasteiger partial charge in [-0.15, -0.1) is 13.2 Å². The van der Waals surface area contributed by atoms with Crippen LogP contribution in [0.3, 0.4) is 0 Å². The highest BCUT2D eigenvalue weighted by Crippen LogP contribution is 2.38. The summed E-state index contributed by atoms with van der Waals surface area (Å²) in [5, 5.41) is 10.4. The van der Waals surface area contributed by atoms with E-state index in [0.717, 1.165) is 6.92 Å². The highest BCUT2D eigenvalue weighted by Gasteiger charge is 2.41. The molecule has 1 aromatic heterocycles. The first kappa shape index (κ1) is 15.0. The molecular weight excluding hydrogens is 286 g/mol. The standard InChI is InChI=1S/C8H4F6N2O3/c1-3-4(7(9,10)11)2-5(19-8(12,13)14)6(15-3)16(17)18/h2H,1H3. The number of alkyl halides is 6. The molecule has 0 N–H and O–H groups in total. The molecule has 0 aliphatic carbocycles. The predicted molar refractivity (Wildman–Crippen MR) is 47.3 cm³/mol. The molecule has 1 heterocycles. The van der Waals surface area contributed by atoms with E-state index in [1.54, 1.807) is 0 Å². The highest BCUT2D eigenvalue weighted by molar-refractivity contribution is 5.45. The summed E-state index contributed by atoms with van der Waals surface area (Å²) in [6, 6.07) is -0.103. The maximum absolute atomic E-state index is 12.4. The average Bonchev–Trinajstić information content (AvgIpc) is 2.15. The van der Waals surface area contributed by atoms with Crippen LogP contribution in [0.4, 0.5) is 32.2 Å². The second kappa shape index (κ2) is 4.55. The van der Waals surface area contributed by atoms with Crippen molar-refractivity contribution in [3.05, 3.63) is 27.4 Å². The van der Waals surface area contributed by atoms with Crippen LogP contribution in [0.1, 0.15) is 11.3 Å². The number of pyridine rings is 1. The summed E-state index contributed by atoms with van der Waals surface area (Å²) in [7, 11) is 0. The van der Waals surface area contributed by atoms with Gasteiger partial charge in [0.2, 0.25) is 5.75 Å². The molecule has 0 bridgehead atoms. The van der Waals surface area contributed by atoms with Crippen molar-refractivity contribution in [3.8, 4) is 5.75 Å². The van der Waals surface area contributed by atoms with Gasteiger partial charge < -0.3 is 14.9 Å². The maximum atomic E-state index is 12.4. The molecule has 11 heteroatoms. The van der Waals surface area contributed by atoms with Gasteiger partial charge in [-0.1, -0.05) is 0 Å². The quantitative estimate of drug-likeness (QED) is 0.476. The Labute approximate surface area is 101 Å². The number of ether oxygens (including phenoxy) is 1. The van der Waals surface area contributed by atoms with Crippen molar-refractivity contribution in [1.82, 2.24) is 4.98 Å². The first-order valence-electron chi connectivity index (χ1n) is 4.41.